The summed E-state index contributed by atoms with van der Waals surface area (Å²) in [6.07, 6.45) is 2.61. The number of amides is 1. The van der Waals surface area contributed by atoms with E-state index in [1.807, 2.05) is 24.3 Å². The van der Waals surface area contributed by atoms with Crippen molar-refractivity contribution in [3.63, 3.8) is 0 Å². The molecule has 0 bridgehead atoms. The minimum Gasteiger partial charge on any atom is -0.371 e. The van der Waals surface area contributed by atoms with Gasteiger partial charge in [-0.05, 0) is 54.4 Å². The third kappa shape index (κ3) is 3.79. The molecule has 1 aliphatic carbocycles. The zero-order valence-electron chi connectivity index (χ0n) is 13.3. The van der Waals surface area contributed by atoms with Crippen LogP contribution in [0.15, 0.2) is 28.7 Å². The van der Waals surface area contributed by atoms with Crippen LogP contribution < -0.4 is 11.1 Å². The van der Waals surface area contributed by atoms with Gasteiger partial charge in [0.1, 0.15) is 5.54 Å². The van der Waals surface area contributed by atoms with E-state index in [0.29, 0.717) is 0 Å². The van der Waals surface area contributed by atoms with Crippen molar-refractivity contribution in [3.05, 3.63) is 28.7 Å². The SMILES string of the molecule is CC1(C)CC(C)(C)CC(Nc2ccc(Br)cc2)(C(N)=O)C1. The number of halogens is 1. The fraction of sp³-hybridized carbons (Fsp3) is 0.588. The minimum absolute atomic E-state index is 0.0825. The molecule has 1 aromatic rings. The summed E-state index contributed by atoms with van der Waals surface area (Å²) >= 11 is 3.43. The molecule has 1 aliphatic rings. The summed E-state index contributed by atoms with van der Waals surface area (Å²) in [7, 11) is 0. The highest BCUT2D eigenvalue weighted by Gasteiger charge is 2.50. The first-order valence-corrected chi connectivity index (χ1v) is 8.17. The van der Waals surface area contributed by atoms with Gasteiger partial charge in [0.05, 0.1) is 0 Å². The molecule has 1 saturated carbocycles. The van der Waals surface area contributed by atoms with Gasteiger partial charge in [-0.15, -0.1) is 0 Å². The number of primary amides is 1. The topological polar surface area (TPSA) is 55.1 Å². The van der Waals surface area contributed by atoms with Gasteiger partial charge >= 0.3 is 0 Å². The van der Waals surface area contributed by atoms with E-state index >= 15 is 0 Å². The first-order valence-electron chi connectivity index (χ1n) is 7.37. The summed E-state index contributed by atoms with van der Waals surface area (Å²) in [5, 5.41) is 3.44. The summed E-state index contributed by atoms with van der Waals surface area (Å²) < 4.78 is 1.02. The van der Waals surface area contributed by atoms with Crippen molar-refractivity contribution < 1.29 is 4.79 Å². The molecule has 0 atom stereocenters. The Bertz CT molecular complexity index is 518. The largest absolute Gasteiger partial charge is 0.371 e. The zero-order valence-corrected chi connectivity index (χ0v) is 14.9. The molecule has 1 amide bonds. The number of nitrogens with two attached hydrogens (primary N) is 1. The molecule has 2 rings (SSSR count). The zero-order chi connectivity index (χ0) is 15.9. The van der Waals surface area contributed by atoms with Gasteiger partial charge in [-0.2, -0.15) is 0 Å². The molecule has 3 nitrogen and oxygen atoms in total. The predicted octanol–water partition coefficient (Wildman–Crippen LogP) is 4.32. The number of hydrogen-bond donors (Lipinski definition) is 2. The molecule has 0 heterocycles. The van der Waals surface area contributed by atoms with Crippen LogP contribution in [-0.2, 0) is 4.79 Å². The van der Waals surface area contributed by atoms with Crippen LogP contribution in [0.2, 0.25) is 0 Å². The fourth-order valence-electron chi connectivity index (χ4n) is 4.25. The lowest BCUT2D eigenvalue weighted by Crippen LogP contribution is -2.58. The number of rotatable bonds is 3. The van der Waals surface area contributed by atoms with Gasteiger partial charge in [0.2, 0.25) is 5.91 Å². The number of nitrogens with one attached hydrogen (secondary N) is 1. The maximum absolute atomic E-state index is 12.3. The van der Waals surface area contributed by atoms with Crippen molar-refractivity contribution in [1.29, 1.82) is 0 Å². The van der Waals surface area contributed by atoms with E-state index in [0.717, 1.165) is 29.4 Å². The van der Waals surface area contributed by atoms with Crippen LogP contribution in [0.1, 0.15) is 47.0 Å². The van der Waals surface area contributed by atoms with Crippen molar-refractivity contribution in [3.8, 4) is 0 Å². The quantitative estimate of drug-likeness (QED) is 0.850. The van der Waals surface area contributed by atoms with E-state index in [1.54, 1.807) is 0 Å². The molecule has 0 saturated heterocycles. The normalized spacial score (nSPS) is 22.5. The Morgan fingerprint density at radius 3 is 1.95 bits per heavy atom. The summed E-state index contributed by atoms with van der Waals surface area (Å²) in [4.78, 5) is 12.3. The average molecular weight is 353 g/mol. The van der Waals surface area contributed by atoms with Gasteiger partial charge < -0.3 is 11.1 Å². The van der Waals surface area contributed by atoms with E-state index in [2.05, 4.69) is 48.9 Å². The van der Waals surface area contributed by atoms with Crippen LogP contribution in [0.5, 0.6) is 0 Å². The summed E-state index contributed by atoms with van der Waals surface area (Å²) in [6, 6.07) is 7.89. The first-order chi connectivity index (χ1) is 9.54. The maximum atomic E-state index is 12.3. The summed E-state index contributed by atoms with van der Waals surface area (Å²) in [5.41, 5.74) is 6.23. The molecule has 1 aromatic carbocycles. The molecule has 116 valence electrons. The van der Waals surface area contributed by atoms with Crippen molar-refractivity contribution >= 4 is 27.5 Å². The Labute approximate surface area is 135 Å². The second kappa shape index (κ2) is 5.31. The van der Waals surface area contributed by atoms with Crippen molar-refractivity contribution in [1.82, 2.24) is 0 Å². The van der Waals surface area contributed by atoms with Gasteiger partial charge in [0.15, 0.2) is 0 Å². The second-order valence-corrected chi connectivity index (χ2v) is 8.85. The van der Waals surface area contributed by atoms with E-state index in [9.17, 15) is 4.79 Å². The van der Waals surface area contributed by atoms with Crippen molar-refractivity contribution in [2.24, 2.45) is 16.6 Å². The molecule has 0 radical (unpaired) electrons. The van der Waals surface area contributed by atoms with Gasteiger partial charge in [-0.25, -0.2) is 0 Å². The van der Waals surface area contributed by atoms with Crippen LogP contribution in [-0.4, -0.2) is 11.4 Å². The number of carbonyl (C=O) groups excluding carboxylic acids is 1. The maximum Gasteiger partial charge on any atom is 0.243 e. The first kappa shape index (κ1) is 16.3. The fourth-order valence-corrected chi connectivity index (χ4v) is 4.51. The number of benzene rings is 1. The molecule has 0 aliphatic heterocycles. The molecule has 3 N–H and O–H groups in total. The van der Waals surface area contributed by atoms with Crippen molar-refractivity contribution in [2.75, 3.05) is 5.32 Å². The van der Waals surface area contributed by atoms with Crippen LogP contribution >= 0.6 is 15.9 Å². The molecule has 0 aromatic heterocycles. The molecule has 0 unspecified atom stereocenters. The number of anilines is 1. The Kier molecular flexibility index (Phi) is 4.13. The Balaban J connectivity index is 2.36. The third-order valence-electron chi connectivity index (χ3n) is 4.22. The number of carbonyl (C=O) groups is 1. The average Bonchev–Trinajstić information content (AvgIpc) is 2.28. The minimum atomic E-state index is -0.681. The molecule has 0 spiro atoms. The van der Waals surface area contributed by atoms with E-state index in [1.165, 1.54) is 0 Å². The molecule has 1 fully saturated rings. The summed E-state index contributed by atoms with van der Waals surface area (Å²) in [6.45, 7) is 8.87. The van der Waals surface area contributed by atoms with Gasteiger partial charge in [-0.1, -0.05) is 43.6 Å². The highest BCUT2D eigenvalue weighted by Crippen LogP contribution is 2.51. The Morgan fingerprint density at radius 2 is 1.52 bits per heavy atom. The third-order valence-corrected chi connectivity index (χ3v) is 4.75. The van der Waals surface area contributed by atoms with Gasteiger partial charge in [0, 0.05) is 10.2 Å². The molecule has 4 heteroatoms. The predicted molar refractivity (Wildman–Crippen MR) is 91.1 cm³/mol. The van der Waals surface area contributed by atoms with E-state index in [-0.39, 0.29) is 16.7 Å². The van der Waals surface area contributed by atoms with Crippen LogP contribution in [0.3, 0.4) is 0 Å². The highest BCUT2D eigenvalue weighted by atomic mass is 79.9. The molecular formula is C17H25BrN2O. The Morgan fingerprint density at radius 1 is 1.05 bits per heavy atom. The molecule has 21 heavy (non-hydrogen) atoms. The van der Waals surface area contributed by atoms with Crippen molar-refractivity contribution in [2.45, 2.75) is 52.5 Å². The number of hydrogen-bond acceptors (Lipinski definition) is 2. The van der Waals surface area contributed by atoms with Crippen LogP contribution in [0.4, 0.5) is 5.69 Å². The van der Waals surface area contributed by atoms with Gasteiger partial charge in [-0.3, -0.25) is 4.79 Å². The smallest absolute Gasteiger partial charge is 0.243 e. The standard InChI is InChI=1S/C17H25BrN2O/c1-15(2)9-16(3,4)11-17(10-15,14(19)21)20-13-7-5-12(18)6-8-13/h5-8,20H,9-11H2,1-4H3,(H2,19,21). The van der Waals surface area contributed by atoms with E-state index in [4.69, 9.17) is 5.73 Å². The summed E-state index contributed by atoms with van der Waals surface area (Å²) in [5.74, 6) is -0.258. The van der Waals surface area contributed by atoms with Gasteiger partial charge in [0.25, 0.3) is 0 Å². The van der Waals surface area contributed by atoms with E-state index < -0.39 is 5.54 Å². The lowest BCUT2D eigenvalue weighted by Gasteiger charge is -2.51. The lowest BCUT2D eigenvalue weighted by atomic mass is 9.58. The second-order valence-electron chi connectivity index (χ2n) is 7.94. The monoisotopic (exact) mass is 352 g/mol. The van der Waals surface area contributed by atoms with Crippen LogP contribution in [0.25, 0.3) is 0 Å². The molecular weight excluding hydrogens is 328 g/mol. The lowest BCUT2D eigenvalue weighted by molar-refractivity contribution is -0.126. The Hall–Kier alpha value is -1.03. The highest BCUT2D eigenvalue weighted by molar-refractivity contribution is 9.10. The van der Waals surface area contributed by atoms with Crippen LogP contribution in [0, 0.1) is 10.8 Å².